The van der Waals surface area contributed by atoms with E-state index in [1.165, 1.54) is 46.2 Å². The van der Waals surface area contributed by atoms with Crippen LogP contribution in [0, 0.1) is 0 Å². The molecule has 0 nitrogen and oxygen atoms in total. The van der Waals surface area contributed by atoms with Crippen molar-refractivity contribution >= 4 is 12.2 Å². The number of hydrogen-bond donors (Lipinski definition) is 0. The van der Waals surface area contributed by atoms with Crippen LogP contribution in [0.1, 0.15) is 70.1 Å². The summed E-state index contributed by atoms with van der Waals surface area (Å²) in [5.41, 5.74) is 15.3. The van der Waals surface area contributed by atoms with E-state index < -0.39 is 42.9 Å². The zero-order valence-corrected chi connectivity index (χ0v) is 32.6. The Morgan fingerprint density at radius 1 is 0.537 bits per heavy atom. The van der Waals surface area contributed by atoms with E-state index in [2.05, 4.69) is 146 Å². The van der Waals surface area contributed by atoms with Crippen LogP contribution in [0.4, 0.5) is 0 Å². The molecule has 2 unspecified atom stereocenters. The fraction of sp³-hybridized carbons (Fsp3) is 0.282. The van der Waals surface area contributed by atoms with Gasteiger partial charge in [0.05, 0.1) is 0 Å². The van der Waals surface area contributed by atoms with Crippen LogP contribution >= 0.6 is 0 Å². The maximum atomic E-state index is 2.79. The van der Waals surface area contributed by atoms with Crippen molar-refractivity contribution < 1.29 is 42.9 Å². The van der Waals surface area contributed by atoms with E-state index in [1.54, 1.807) is 22.3 Å². The molecule has 0 saturated heterocycles. The van der Waals surface area contributed by atoms with E-state index in [9.17, 15) is 0 Å². The second-order valence-electron chi connectivity index (χ2n) is 12.4. The molecule has 0 aliphatic heterocycles. The van der Waals surface area contributed by atoms with Gasteiger partial charge in [-0.1, -0.05) is 0 Å². The molecule has 0 bridgehead atoms. The third-order valence-corrected chi connectivity index (χ3v) is 58.6. The molecule has 2 aliphatic carbocycles. The van der Waals surface area contributed by atoms with Crippen LogP contribution in [0.25, 0.3) is 34.4 Å². The Balaban J connectivity index is 1.38. The molecular formula is C39H42Hf2. The van der Waals surface area contributed by atoms with Crippen molar-refractivity contribution in [2.45, 2.75) is 58.2 Å². The molecule has 0 radical (unpaired) electrons. The zero-order valence-electron chi connectivity index (χ0n) is 25.5. The predicted molar refractivity (Wildman–Crippen MR) is 172 cm³/mol. The summed E-state index contributed by atoms with van der Waals surface area (Å²) >= 11 is -4.40. The predicted octanol–water partition coefficient (Wildman–Crippen LogP) is 11.9. The fourth-order valence-corrected chi connectivity index (χ4v) is 52.8. The first-order chi connectivity index (χ1) is 19.9. The topological polar surface area (TPSA) is 0 Å². The van der Waals surface area contributed by atoms with Crippen molar-refractivity contribution in [2.24, 2.45) is 0 Å². The molecule has 41 heavy (non-hydrogen) atoms. The second kappa shape index (κ2) is 12.0. The van der Waals surface area contributed by atoms with Crippen LogP contribution in [0.15, 0.2) is 108 Å². The van der Waals surface area contributed by atoms with Gasteiger partial charge >= 0.3 is 266 Å². The van der Waals surface area contributed by atoms with E-state index in [4.69, 9.17) is 0 Å². The average molecular weight is 868 g/mol. The Morgan fingerprint density at radius 3 is 1.29 bits per heavy atom. The third-order valence-electron chi connectivity index (χ3n) is 10.1. The van der Waals surface area contributed by atoms with Crippen LogP contribution in [-0.4, -0.2) is 0 Å². The van der Waals surface area contributed by atoms with Crippen molar-refractivity contribution in [1.82, 2.24) is 0 Å². The number of rotatable bonds is 8. The van der Waals surface area contributed by atoms with E-state index >= 15 is 0 Å². The number of hydrogen-bond acceptors (Lipinski definition) is 0. The summed E-state index contributed by atoms with van der Waals surface area (Å²) in [7, 11) is 0. The Labute approximate surface area is 263 Å². The van der Waals surface area contributed by atoms with Gasteiger partial charge in [-0.25, -0.2) is 0 Å². The monoisotopic (exact) mass is 870 g/mol. The van der Waals surface area contributed by atoms with Crippen LogP contribution in [0.2, 0.25) is 10.3 Å². The first-order valence-electron chi connectivity index (χ1n) is 15.3. The van der Waals surface area contributed by atoms with Gasteiger partial charge in [0.2, 0.25) is 0 Å². The minimum atomic E-state index is -2.20. The van der Waals surface area contributed by atoms with Crippen molar-refractivity contribution in [3.63, 3.8) is 0 Å². The molecule has 4 aromatic rings. The van der Waals surface area contributed by atoms with E-state index in [0.29, 0.717) is 8.28 Å². The van der Waals surface area contributed by atoms with Crippen molar-refractivity contribution in [2.75, 3.05) is 0 Å². The molecule has 0 spiro atoms. The van der Waals surface area contributed by atoms with Gasteiger partial charge in [0, 0.05) is 0 Å². The van der Waals surface area contributed by atoms with Crippen molar-refractivity contribution in [3.05, 3.63) is 130 Å². The van der Waals surface area contributed by atoms with Crippen LogP contribution in [0.5, 0.6) is 0 Å². The van der Waals surface area contributed by atoms with Gasteiger partial charge in [-0.05, 0) is 0 Å². The standard InChI is InChI=1S/2C17H15.C3H6.2CH3.2Hf/c2*1-2-13-11-15-9-6-10-16(17(15)12-13)14-7-4-3-5-8-14;1-3-2;;;;/h2*3-12H,2H2,1H3;1-2H3;2*1H3;;. The second-order valence-corrected chi connectivity index (χ2v) is 41.8. The summed E-state index contributed by atoms with van der Waals surface area (Å²) in [4.78, 5) is 0. The first-order valence-corrected chi connectivity index (χ1v) is 30.2. The van der Waals surface area contributed by atoms with Crippen LogP contribution in [0.3, 0.4) is 0 Å². The minimum absolute atomic E-state index is 0.544. The molecule has 0 saturated carbocycles. The molecule has 2 atom stereocenters. The van der Waals surface area contributed by atoms with Gasteiger partial charge in [0.15, 0.2) is 0 Å². The summed E-state index contributed by atoms with van der Waals surface area (Å²) in [5.74, 6) is 0. The van der Waals surface area contributed by atoms with Crippen molar-refractivity contribution in [3.8, 4) is 22.3 Å². The van der Waals surface area contributed by atoms with Crippen LogP contribution in [-0.2, 0) is 42.9 Å². The summed E-state index contributed by atoms with van der Waals surface area (Å²) in [5, 5.41) is 0. The first kappa shape index (κ1) is 29.2. The number of fused-ring (bicyclic) bond motifs is 2. The molecule has 2 aliphatic rings. The molecule has 0 aromatic heterocycles. The summed E-state index contributed by atoms with van der Waals surface area (Å²) in [6.45, 7) is 10.2. The Hall–Kier alpha value is -1.90. The molecule has 0 fully saturated rings. The quantitative estimate of drug-likeness (QED) is 0.155. The van der Waals surface area contributed by atoms with Gasteiger partial charge in [0.1, 0.15) is 0 Å². The Kier molecular flexibility index (Phi) is 8.54. The molecule has 6 rings (SSSR count). The van der Waals surface area contributed by atoms with E-state index in [1.807, 2.05) is 0 Å². The van der Waals surface area contributed by atoms with E-state index in [-0.39, 0.29) is 0 Å². The molecule has 206 valence electrons. The molecule has 0 amide bonds. The average Bonchev–Trinajstić information content (AvgIpc) is 3.59. The van der Waals surface area contributed by atoms with E-state index in [0.717, 1.165) is 0 Å². The van der Waals surface area contributed by atoms with Gasteiger partial charge < -0.3 is 0 Å². The molecule has 2 heteroatoms. The van der Waals surface area contributed by atoms with Crippen molar-refractivity contribution in [1.29, 1.82) is 0 Å². The normalized spacial score (nSPS) is 17.5. The SMILES string of the molecule is CCC1=Cc2c(-c3ccccc3)cccc2[CH]1[Hf]([CH3])[C](C)(C)[Hf]([CH3])[CH]1C(CC)=Cc2c(-c3ccccc3)cccc21. The summed E-state index contributed by atoms with van der Waals surface area (Å²) in [6.07, 6.45) is 7.54. The molecule has 0 heterocycles. The fourth-order valence-electron chi connectivity index (χ4n) is 7.34. The molecule has 4 aromatic carbocycles. The van der Waals surface area contributed by atoms with Gasteiger partial charge in [0.25, 0.3) is 0 Å². The third kappa shape index (κ3) is 5.16. The maximum absolute atomic E-state index is 2.79. The molecule has 0 N–H and O–H groups in total. The summed E-state index contributed by atoms with van der Waals surface area (Å²) < 4.78 is 7.56. The van der Waals surface area contributed by atoms with Crippen LogP contribution < -0.4 is 0 Å². The number of benzene rings is 4. The number of allylic oxidation sites excluding steroid dienone is 2. The van der Waals surface area contributed by atoms with Gasteiger partial charge in [-0.2, -0.15) is 0 Å². The molecular weight excluding hydrogens is 825 g/mol. The zero-order chi connectivity index (χ0) is 28.7. The Morgan fingerprint density at radius 2 is 0.927 bits per heavy atom. The summed E-state index contributed by atoms with van der Waals surface area (Å²) in [6, 6.07) is 36.3. The Bertz CT molecular complexity index is 1490. The van der Waals surface area contributed by atoms with Gasteiger partial charge in [-0.15, -0.1) is 0 Å². The van der Waals surface area contributed by atoms with Gasteiger partial charge in [-0.3, -0.25) is 0 Å².